The van der Waals surface area contributed by atoms with Crippen molar-refractivity contribution in [3.05, 3.63) is 53.9 Å². The Bertz CT molecular complexity index is 618. The van der Waals surface area contributed by atoms with Crippen LogP contribution in [-0.4, -0.2) is 31.9 Å². The topological polar surface area (TPSA) is 108 Å². The fourth-order valence-electron chi connectivity index (χ4n) is 1.45. The van der Waals surface area contributed by atoms with Crippen LogP contribution in [0.2, 0.25) is 0 Å². The third kappa shape index (κ3) is 3.77. The van der Waals surface area contributed by atoms with Crippen molar-refractivity contribution >= 4 is 18.0 Å². The Balaban J connectivity index is 1.95. The number of amides is 1. The Kier molecular flexibility index (Phi) is 4.23. The molecule has 0 aliphatic rings. The maximum Gasteiger partial charge on any atom is 0.328 e. The van der Waals surface area contributed by atoms with Gasteiger partial charge in [0.05, 0.1) is 6.54 Å². The fraction of sp³-hybridized carbons (Fsp3) is 0.0769. The third-order valence-electron chi connectivity index (χ3n) is 2.41. The SMILES string of the molecule is O=C(O)C=Cc1ccc(C(=O)NCc2ncc[nH]2)nc1. The summed E-state index contributed by atoms with van der Waals surface area (Å²) in [5, 5.41) is 11.2. The number of carboxylic acid groups (broad SMARTS) is 1. The molecule has 20 heavy (non-hydrogen) atoms. The second-order valence-corrected chi connectivity index (χ2v) is 3.87. The molecule has 0 saturated carbocycles. The van der Waals surface area contributed by atoms with Gasteiger partial charge in [-0.3, -0.25) is 9.78 Å². The number of H-pyrrole nitrogens is 1. The molecule has 7 nitrogen and oxygen atoms in total. The number of nitrogens with one attached hydrogen (secondary N) is 2. The van der Waals surface area contributed by atoms with Crippen LogP contribution in [0, 0.1) is 0 Å². The van der Waals surface area contributed by atoms with Crippen molar-refractivity contribution in [2.45, 2.75) is 6.54 Å². The normalized spacial score (nSPS) is 10.6. The first-order chi connectivity index (χ1) is 9.65. The highest BCUT2D eigenvalue weighted by Crippen LogP contribution is 2.03. The Hall–Kier alpha value is -2.96. The lowest BCUT2D eigenvalue weighted by Gasteiger charge is -2.02. The zero-order valence-electron chi connectivity index (χ0n) is 10.4. The summed E-state index contributed by atoms with van der Waals surface area (Å²) in [4.78, 5) is 33.0. The van der Waals surface area contributed by atoms with E-state index in [0.717, 1.165) is 6.08 Å². The quantitative estimate of drug-likeness (QED) is 0.699. The van der Waals surface area contributed by atoms with E-state index in [-0.39, 0.29) is 18.1 Å². The number of hydrogen-bond acceptors (Lipinski definition) is 4. The van der Waals surface area contributed by atoms with E-state index < -0.39 is 5.97 Å². The van der Waals surface area contributed by atoms with Crippen molar-refractivity contribution < 1.29 is 14.7 Å². The Morgan fingerprint density at radius 3 is 2.80 bits per heavy atom. The number of aromatic nitrogens is 3. The molecule has 7 heteroatoms. The predicted molar refractivity (Wildman–Crippen MR) is 70.7 cm³/mol. The second kappa shape index (κ2) is 6.28. The van der Waals surface area contributed by atoms with Gasteiger partial charge in [-0.1, -0.05) is 6.07 Å². The largest absolute Gasteiger partial charge is 0.478 e. The van der Waals surface area contributed by atoms with E-state index in [0.29, 0.717) is 11.4 Å². The molecule has 0 aliphatic carbocycles. The van der Waals surface area contributed by atoms with Gasteiger partial charge in [-0.25, -0.2) is 9.78 Å². The van der Waals surface area contributed by atoms with E-state index in [2.05, 4.69) is 20.3 Å². The van der Waals surface area contributed by atoms with Crippen molar-refractivity contribution in [3.8, 4) is 0 Å². The zero-order valence-corrected chi connectivity index (χ0v) is 10.4. The molecule has 2 aromatic heterocycles. The minimum absolute atomic E-state index is 0.254. The van der Waals surface area contributed by atoms with Gasteiger partial charge in [-0.05, 0) is 17.7 Å². The average Bonchev–Trinajstić information content (AvgIpc) is 2.96. The van der Waals surface area contributed by atoms with E-state index in [1.54, 1.807) is 18.5 Å². The van der Waals surface area contributed by atoms with Gasteiger partial charge in [0.2, 0.25) is 0 Å². The van der Waals surface area contributed by atoms with Crippen LogP contribution in [-0.2, 0) is 11.3 Å². The first-order valence-corrected chi connectivity index (χ1v) is 5.78. The van der Waals surface area contributed by atoms with Crippen LogP contribution in [0.4, 0.5) is 0 Å². The number of rotatable bonds is 5. The molecule has 0 spiro atoms. The van der Waals surface area contributed by atoms with Crippen LogP contribution >= 0.6 is 0 Å². The molecule has 0 fully saturated rings. The molecule has 2 aromatic rings. The van der Waals surface area contributed by atoms with Gasteiger partial charge in [-0.15, -0.1) is 0 Å². The molecule has 0 aromatic carbocycles. The van der Waals surface area contributed by atoms with Crippen LogP contribution in [0.25, 0.3) is 6.08 Å². The first-order valence-electron chi connectivity index (χ1n) is 5.78. The smallest absolute Gasteiger partial charge is 0.328 e. The Morgan fingerprint density at radius 2 is 2.20 bits per heavy atom. The molecule has 2 heterocycles. The summed E-state index contributed by atoms with van der Waals surface area (Å²) in [5.41, 5.74) is 0.860. The maximum atomic E-state index is 11.8. The fourth-order valence-corrected chi connectivity index (χ4v) is 1.45. The predicted octanol–water partition coefficient (Wildman–Crippen LogP) is 0.832. The van der Waals surface area contributed by atoms with Crippen molar-refractivity contribution in [1.82, 2.24) is 20.3 Å². The summed E-state index contributed by atoms with van der Waals surface area (Å²) < 4.78 is 0. The number of carbonyl (C=O) groups excluding carboxylic acids is 1. The van der Waals surface area contributed by atoms with Crippen LogP contribution in [0.3, 0.4) is 0 Å². The number of nitrogens with zero attached hydrogens (tertiary/aromatic N) is 2. The molecule has 0 atom stereocenters. The molecular weight excluding hydrogens is 260 g/mol. The third-order valence-corrected chi connectivity index (χ3v) is 2.41. The molecule has 0 aliphatic heterocycles. The summed E-state index contributed by atoms with van der Waals surface area (Å²) in [5.74, 6) is -0.709. The molecule has 1 amide bonds. The van der Waals surface area contributed by atoms with E-state index >= 15 is 0 Å². The molecule has 0 unspecified atom stereocenters. The van der Waals surface area contributed by atoms with Gasteiger partial charge in [0.15, 0.2) is 0 Å². The number of aliphatic carboxylic acids is 1. The van der Waals surface area contributed by atoms with Crippen molar-refractivity contribution in [2.75, 3.05) is 0 Å². The lowest BCUT2D eigenvalue weighted by atomic mass is 10.2. The molecule has 2 rings (SSSR count). The van der Waals surface area contributed by atoms with Gasteiger partial charge in [-0.2, -0.15) is 0 Å². The van der Waals surface area contributed by atoms with E-state index in [9.17, 15) is 9.59 Å². The van der Waals surface area contributed by atoms with Crippen molar-refractivity contribution in [2.24, 2.45) is 0 Å². The minimum atomic E-state index is -1.04. The summed E-state index contributed by atoms with van der Waals surface area (Å²) in [6.45, 7) is 0.286. The number of carboxylic acids is 1. The molecule has 0 saturated heterocycles. The second-order valence-electron chi connectivity index (χ2n) is 3.87. The average molecular weight is 272 g/mol. The van der Waals surface area contributed by atoms with E-state index in [1.165, 1.54) is 18.3 Å². The van der Waals surface area contributed by atoms with Crippen molar-refractivity contribution in [1.29, 1.82) is 0 Å². The highest BCUT2D eigenvalue weighted by atomic mass is 16.4. The van der Waals surface area contributed by atoms with Gasteiger partial charge < -0.3 is 15.4 Å². The number of carbonyl (C=O) groups is 2. The first kappa shape index (κ1) is 13.5. The Morgan fingerprint density at radius 1 is 1.35 bits per heavy atom. The van der Waals surface area contributed by atoms with Crippen LogP contribution in [0.5, 0.6) is 0 Å². The highest BCUT2D eigenvalue weighted by Gasteiger charge is 2.06. The zero-order chi connectivity index (χ0) is 14.4. The summed E-state index contributed by atoms with van der Waals surface area (Å²) >= 11 is 0. The van der Waals surface area contributed by atoms with Crippen molar-refractivity contribution in [3.63, 3.8) is 0 Å². The monoisotopic (exact) mass is 272 g/mol. The van der Waals surface area contributed by atoms with Crippen LogP contribution < -0.4 is 5.32 Å². The number of aromatic amines is 1. The lowest BCUT2D eigenvalue weighted by molar-refractivity contribution is -0.131. The highest BCUT2D eigenvalue weighted by molar-refractivity contribution is 5.92. The molecule has 0 radical (unpaired) electrons. The van der Waals surface area contributed by atoms with Gasteiger partial charge in [0, 0.05) is 24.7 Å². The van der Waals surface area contributed by atoms with Gasteiger partial charge in [0.1, 0.15) is 11.5 Å². The minimum Gasteiger partial charge on any atom is -0.478 e. The van der Waals surface area contributed by atoms with E-state index in [4.69, 9.17) is 5.11 Å². The summed E-state index contributed by atoms with van der Waals surface area (Å²) in [7, 11) is 0. The van der Waals surface area contributed by atoms with Crippen LogP contribution in [0.1, 0.15) is 21.9 Å². The number of hydrogen-bond donors (Lipinski definition) is 3. The Labute approximate surface area is 114 Å². The maximum absolute atomic E-state index is 11.8. The molecular formula is C13H12N4O3. The number of pyridine rings is 1. The standard InChI is InChI=1S/C13H12N4O3/c18-12(19)4-2-9-1-3-10(16-7-9)13(20)17-8-11-14-5-6-15-11/h1-7H,8H2,(H,14,15)(H,17,20)(H,18,19). The van der Waals surface area contributed by atoms with Crippen LogP contribution in [0.15, 0.2) is 36.8 Å². The molecule has 102 valence electrons. The molecule has 0 bridgehead atoms. The lowest BCUT2D eigenvalue weighted by Crippen LogP contribution is -2.24. The number of imidazole rings is 1. The van der Waals surface area contributed by atoms with Gasteiger partial charge >= 0.3 is 5.97 Å². The summed E-state index contributed by atoms with van der Waals surface area (Å²) in [6, 6.07) is 3.15. The molecule has 3 N–H and O–H groups in total. The summed E-state index contributed by atoms with van der Waals surface area (Å²) in [6.07, 6.45) is 7.11. The van der Waals surface area contributed by atoms with Gasteiger partial charge in [0.25, 0.3) is 5.91 Å². The van der Waals surface area contributed by atoms with E-state index in [1.807, 2.05) is 0 Å².